The molecule has 1 amide bonds. The third-order valence-corrected chi connectivity index (χ3v) is 3.62. The second kappa shape index (κ2) is 6.60. The molecule has 1 heterocycles. The number of nitrogens with one attached hydrogen (secondary N) is 1. The molecule has 0 saturated heterocycles. The van der Waals surface area contributed by atoms with Crippen molar-refractivity contribution >= 4 is 21.4 Å². The number of carbonyl (C=O) groups is 1. The first-order valence-electron chi connectivity index (χ1n) is 6.25. The molecule has 7 heteroatoms. The average Bonchev–Trinajstić information content (AvgIpc) is 2.65. The minimum Gasteiger partial charge on any atom is -0.397 e. The molecule has 0 spiro atoms. The Balaban J connectivity index is 2.54. The van der Waals surface area contributed by atoms with Crippen LogP contribution in [-0.4, -0.2) is 37.4 Å². The summed E-state index contributed by atoms with van der Waals surface area (Å²) >= 11 is 0. The molecule has 3 N–H and O–H groups in total. The first kappa shape index (κ1) is 15.6. The minimum atomic E-state index is -2.98. The van der Waals surface area contributed by atoms with Crippen molar-refractivity contribution in [1.82, 2.24) is 9.88 Å². The predicted molar refractivity (Wildman–Crippen MR) is 75.8 cm³/mol. The summed E-state index contributed by atoms with van der Waals surface area (Å²) in [5, 5.41) is 2.70. The quantitative estimate of drug-likeness (QED) is 0.720. The number of nitrogens with two attached hydrogens (primary N) is 1. The fourth-order valence-electron chi connectivity index (χ4n) is 1.78. The van der Waals surface area contributed by atoms with E-state index in [2.05, 4.69) is 5.32 Å². The van der Waals surface area contributed by atoms with E-state index in [9.17, 15) is 13.2 Å². The average molecular weight is 287 g/mol. The summed E-state index contributed by atoms with van der Waals surface area (Å²) in [6, 6.07) is 1.63. The van der Waals surface area contributed by atoms with Gasteiger partial charge in [-0.3, -0.25) is 4.79 Å². The largest absolute Gasteiger partial charge is 0.397 e. The maximum absolute atomic E-state index is 11.9. The van der Waals surface area contributed by atoms with Crippen molar-refractivity contribution in [1.29, 1.82) is 0 Å². The third kappa shape index (κ3) is 5.34. The van der Waals surface area contributed by atoms with Crippen molar-refractivity contribution in [3.05, 3.63) is 18.0 Å². The zero-order valence-electron chi connectivity index (χ0n) is 11.3. The molecule has 0 aliphatic rings. The lowest BCUT2D eigenvalue weighted by Crippen LogP contribution is -2.27. The van der Waals surface area contributed by atoms with Gasteiger partial charge in [-0.05, 0) is 18.9 Å². The van der Waals surface area contributed by atoms with Crippen LogP contribution in [0.5, 0.6) is 0 Å². The normalized spacial score (nSPS) is 11.5. The fraction of sp³-hybridized carbons (Fsp3) is 0.583. The number of amides is 1. The van der Waals surface area contributed by atoms with Gasteiger partial charge in [0.15, 0.2) is 0 Å². The Labute approximate surface area is 113 Å². The Morgan fingerprint density at radius 2 is 2.16 bits per heavy atom. The SMILES string of the molecule is CCCn1cc(N)cc1C(=O)NCCCS(C)(=O)=O. The van der Waals surface area contributed by atoms with Gasteiger partial charge in [0.1, 0.15) is 15.5 Å². The van der Waals surface area contributed by atoms with Crippen LogP contribution in [-0.2, 0) is 16.4 Å². The molecule has 108 valence electrons. The fourth-order valence-corrected chi connectivity index (χ4v) is 2.44. The number of sulfone groups is 1. The standard InChI is InChI=1S/C12H21N3O3S/c1-3-6-15-9-10(13)8-11(15)12(16)14-5-4-7-19(2,17)18/h8-9H,3-7,13H2,1-2H3,(H,14,16). The number of nitrogen functional groups attached to an aromatic ring is 1. The molecule has 0 bridgehead atoms. The predicted octanol–water partition coefficient (Wildman–Crippen LogP) is 0.645. The summed E-state index contributed by atoms with van der Waals surface area (Å²) in [6.45, 7) is 3.08. The van der Waals surface area contributed by atoms with Gasteiger partial charge in [0.25, 0.3) is 5.91 Å². The molecule has 1 aromatic heterocycles. The molecule has 0 unspecified atom stereocenters. The van der Waals surface area contributed by atoms with Gasteiger partial charge in [-0.2, -0.15) is 0 Å². The van der Waals surface area contributed by atoms with E-state index in [4.69, 9.17) is 5.73 Å². The van der Waals surface area contributed by atoms with Gasteiger partial charge >= 0.3 is 0 Å². The highest BCUT2D eigenvalue weighted by Crippen LogP contribution is 2.11. The van der Waals surface area contributed by atoms with Crippen LogP contribution in [0.4, 0.5) is 5.69 Å². The van der Waals surface area contributed by atoms with Gasteiger partial charge < -0.3 is 15.6 Å². The van der Waals surface area contributed by atoms with Crippen molar-refractivity contribution in [2.24, 2.45) is 0 Å². The van der Waals surface area contributed by atoms with Crippen LogP contribution in [0.1, 0.15) is 30.3 Å². The molecule has 0 fully saturated rings. The van der Waals surface area contributed by atoms with E-state index in [0.717, 1.165) is 13.0 Å². The first-order valence-corrected chi connectivity index (χ1v) is 8.31. The smallest absolute Gasteiger partial charge is 0.267 e. The summed E-state index contributed by atoms with van der Waals surface area (Å²) in [5.74, 6) is -0.149. The van der Waals surface area contributed by atoms with Crippen LogP contribution in [0.2, 0.25) is 0 Å². The molecule has 1 rings (SSSR count). The molecule has 0 aromatic carbocycles. The molecule has 19 heavy (non-hydrogen) atoms. The van der Waals surface area contributed by atoms with Gasteiger partial charge in [0.05, 0.1) is 11.4 Å². The van der Waals surface area contributed by atoms with Crippen molar-refractivity contribution < 1.29 is 13.2 Å². The third-order valence-electron chi connectivity index (χ3n) is 2.59. The van der Waals surface area contributed by atoms with E-state index in [1.807, 2.05) is 6.92 Å². The van der Waals surface area contributed by atoms with Crippen molar-refractivity contribution in [2.75, 3.05) is 24.3 Å². The molecule has 6 nitrogen and oxygen atoms in total. The minimum absolute atomic E-state index is 0.0748. The Morgan fingerprint density at radius 1 is 1.47 bits per heavy atom. The van der Waals surface area contributed by atoms with Crippen LogP contribution in [0.25, 0.3) is 0 Å². The second-order valence-electron chi connectivity index (χ2n) is 4.59. The monoisotopic (exact) mass is 287 g/mol. The van der Waals surface area contributed by atoms with Crippen LogP contribution in [0.3, 0.4) is 0 Å². The molecule has 0 aliphatic heterocycles. The van der Waals surface area contributed by atoms with Gasteiger partial charge in [-0.25, -0.2) is 8.42 Å². The Morgan fingerprint density at radius 3 is 2.74 bits per heavy atom. The van der Waals surface area contributed by atoms with E-state index < -0.39 is 9.84 Å². The van der Waals surface area contributed by atoms with E-state index in [1.165, 1.54) is 6.26 Å². The van der Waals surface area contributed by atoms with Crippen LogP contribution < -0.4 is 11.1 Å². The molecule has 0 radical (unpaired) electrons. The highest BCUT2D eigenvalue weighted by Gasteiger charge is 2.12. The maximum atomic E-state index is 11.9. The van der Waals surface area contributed by atoms with E-state index >= 15 is 0 Å². The summed E-state index contributed by atoms with van der Waals surface area (Å²) in [7, 11) is -2.98. The molecular weight excluding hydrogens is 266 g/mol. The molecule has 0 aliphatic carbocycles. The summed E-state index contributed by atoms with van der Waals surface area (Å²) in [4.78, 5) is 11.9. The van der Waals surface area contributed by atoms with E-state index in [1.54, 1.807) is 16.8 Å². The van der Waals surface area contributed by atoms with Crippen molar-refractivity contribution in [3.8, 4) is 0 Å². The van der Waals surface area contributed by atoms with Crippen molar-refractivity contribution in [2.45, 2.75) is 26.3 Å². The zero-order chi connectivity index (χ0) is 14.5. The summed E-state index contributed by atoms with van der Waals surface area (Å²) in [5.41, 5.74) is 6.74. The van der Waals surface area contributed by atoms with Gasteiger partial charge in [-0.15, -0.1) is 0 Å². The lowest BCUT2D eigenvalue weighted by molar-refractivity contribution is 0.0944. The maximum Gasteiger partial charge on any atom is 0.267 e. The number of carbonyl (C=O) groups excluding carboxylic acids is 1. The number of aryl methyl sites for hydroxylation is 1. The van der Waals surface area contributed by atoms with Crippen LogP contribution in [0.15, 0.2) is 12.3 Å². The lowest BCUT2D eigenvalue weighted by atomic mass is 10.3. The zero-order valence-corrected chi connectivity index (χ0v) is 12.2. The van der Waals surface area contributed by atoms with Gasteiger partial charge in [0, 0.05) is 25.5 Å². The summed E-state index contributed by atoms with van der Waals surface area (Å²) < 4.78 is 23.7. The van der Waals surface area contributed by atoms with Crippen molar-refractivity contribution in [3.63, 3.8) is 0 Å². The summed E-state index contributed by atoms with van der Waals surface area (Å²) in [6.07, 6.45) is 4.23. The number of aromatic nitrogens is 1. The highest BCUT2D eigenvalue weighted by molar-refractivity contribution is 7.90. The number of hydrogen-bond acceptors (Lipinski definition) is 4. The van der Waals surface area contributed by atoms with Gasteiger partial charge in [0.2, 0.25) is 0 Å². The Bertz CT molecular complexity index is 534. The van der Waals surface area contributed by atoms with Crippen LogP contribution >= 0.6 is 0 Å². The van der Waals surface area contributed by atoms with Gasteiger partial charge in [-0.1, -0.05) is 6.92 Å². The first-order chi connectivity index (χ1) is 8.83. The Kier molecular flexibility index (Phi) is 5.41. The number of nitrogens with zero attached hydrogens (tertiary/aromatic N) is 1. The van der Waals surface area contributed by atoms with Crippen LogP contribution in [0, 0.1) is 0 Å². The highest BCUT2D eigenvalue weighted by atomic mass is 32.2. The second-order valence-corrected chi connectivity index (χ2v) is 6.85. The number of anilines is 1. The molecule has 0 saturated carbocycles. The number of hydrogen-bond donors (Lipinski definition) is 2. The number of rotatable bonds is 7. The molecular formula is C12H21N3O3S. The van der Waals surface area contributed by atoms with E-state index in [0.29, 0.717) is 24.3 Å². The Hall–Kier alpha value is -1.50. The van der Waals surface area contributed by atoms with E-state index in [-0.39, 0.29) is 11.7 Å². The lowest BCUT2D eigenvalue weighted by Gasteiger charge is -2.08. The molecule has 1 aromatic rings. The molecule has 0 atom stereocenters. The topological polar surface area (TPSA) is 94.2 Å².